The SMILES string of the molecule is NC(=O)Cc1ccc(NC(=O)NCc2ccn[nH]2)cc1. The summed E-state index contributed by atoms with van der Waals surface area (Å²) in [5, 5.41) is 11.9. The molecule has 0 bridgehead atoms. The number of carbonyl (C=O) groups excluding carboxylic acids is 2. The average Bonchev–Trinajstić information content (AvgIpc) is 2.91. The molecule has 0 saturated carbocycles. The molecule has 1 aromatic carbocycles. The van der Waals surface area contributed by atoms with Crippen molar-refractivity contribution in [1.82, 2.24) is 15.5 Å². The Morgan fingerprint density at radius 3 is 2.55 bits per heavy atom. The number of anilines is 1. The van der Waals surface area contributed by atoms with Crippen molar-refractivity contribution in [3.8, 4) is 0 Å². The maximum atomic E-state index is 11.6. The minimum absolute atomic E-state index is 0.187. The number of urea groups is 1. The van der Waals surface area contributed by atoms with Gasteiger partial charge in [0.1, 0.15) is 0 Å². The molecule has 0 atom stereocenters. The Hall–Kier alpha value is -2.83. The number of amides is 3. The van der Waals surface area contributed by atoms with Crippen LogP contribution in [0.15, 0.2) is 36.5 Å². The van der Waals surface area contributed by atoms with Crippen molar-refractivity contribution in [1.29, 1.82) is 0 Å². The number of rotatable bonds is 5. The minimum Gasteiger partial charge on any atom is -0.369 e. The first-order valence-corrected chi connectivity index (χ1v) is 6.04. The Bertz CT molecular complexity index is 577. The van der Waals surface area contributed by atoms with Crippen LogP contribution in [0.1, 0.15) is 11.3 Å². The number of hydrogen-bond acceptors (Lipinski definition) is 3. The highest BCUT2D eigenvalue weighted by atomic mass is 16.2. The Kier molecular flexibility index (Phi) is 4.33. The molecule has 0 spiro atoms. The summed E-state index contributed by atoms with van der Waals surface area (Å²) in [5.74, 6) is -0.386. The molecule has 1 aromatic heterocycles. The molecule has 0 unspecified atom stereocenters. The van der Waals surface area contributed by atoms with E-state index in [1.807, 2.05) is 0 Å². The fourth-order valence-electron chi connectivity index (χ4n) is 1.64. The Morgan fingerprint density at radius 1 is 1.20 bits per heavy atom. The Labute approximate surface area is 115 Å². The van der Waals surface area contributed by atoms with E-state index >= 15 is 0 Å². The number of hydrogen-bond donors (Lipinski definition) is 4. The average molecular weight is 273 g/mol. The largest absolute Gasteiger partial charge is 0.369 e. The van der Waals surface area contributed by atoms with E-state index in [2.05, 4.69) is 20.8 Å². The number of aromatic amines is 1. The second kappa shape index (κ2) is 6.37. The number of H-pyrrole nitrogens is 1. The quantitative estimate of drug-likeness (QED) is 0.645. The van der Waals surface area contributed by atoms with Crippen LogP contribution in [0.2, 0.25) is 0 Å². The van der Waals surface area contributed by atoms with Crippen LogP contribution in [0, 0.1) is 0 Å². The third-order valence-corrected chi connectivity index (χ3v) is 2.59. The van der Waals surface area contributed by atoms with Crippen molar-refractivity contribution < 1.29 is 9.59 Å². The highest BCUT2D eigenvalue weighted by Gasteiger charge is 2.03. The van der Waals surface area contributed by atoms with E-state index in [1.54, 1.807) is 36.5 Å². The van der Waals surface area contributed by atoms with Gasteiger partial charge < -0.3 is 16.4 Å². The molecule has 0 aliphatic carbocycles. The van der Waals surface area contributed by atoms with Crippen LogP contribution in [-0.4, -0.2) is 22.1 Å². The Morgan fingerprint density at radius 2 is 1.95 bits per heavy atom. The summed E-state index contributed by atoms with van der Waals surface area (Å²) in [6, 6.07) is 8.38. The Balaban J connectivity index is 1.83. The third kappa shape index (κ3) is 4.13. The summed E-state index contributed by atoms with van der Waals surface area (Å²) in [7, 11) is 0. The number of primary amides is 1. The summed E-state index contributed by atoms with van der Waals surface area (Å²) < 4.78 is 0. The lowest BCUT2D eigenvalue weighted by Crippen LogP contribution is -2.28. The summed E-state index contributed by atoms with van der Waals surface area (Å²) in [6.45, 7) is 0.367. The van der Waals surface area contributed by atoms with Crippen LogP contribution in [0.4, 0.5) is 10.5 Å². The first kappa shape index (κ1) is 13.6. The van der Waals surface area contributed by atoms with Gasteiger partial charge in [-0.1, -0.05) is 12.1 Å². The van der Waals surface area contributed by atoms with E-state index in [0.717, 1.165) is 11.3 Å². The lowest BCUT2D eigenvalue weighted by atomic mass is 10.1. The predicted octanol–water partition coefficient (Wildman–Crippen LogP) is 0.759. The van der Waals surface area contributed by atoms with Crippen LogP contribution < -0.4 is 16.4 Å². The lowest BCUT2D eigenvalue weighted by Gasteiger charge is -2.07. The molecule has 2 aromatic rings. The maximum Gasteiger partial charge on any atom is 0.319 e. The predicted molar refractivity (Wildman–Crippen MR) is 73.8 cm³/mol. The summed E-state index contributed by atoms with van der Waals surface area (Å²) in [5.41, 5.74) is 7.36. The fraction of sp³-hybridized carbons (Fsp3) is 0.154. The van der Waals surface area contributed by atoms with Gasteiger partial charge in [0.2, 0.25) is 5.91 Å². The van der Waals surface area contributed by atoms with Crippen molar-refractivity contribution in [2.75, 3.05) is 5.32 Å². The molecule has 7 nitrogen and oxygen atoms in total. The molecule has 5 N–H and O–H groups in total. The van der Waals surface area contributed by atoms with E-state index in [4.69, 9.17) is 5.73 Å². The number of carbonyl (C=O) groups is 2. The van der Waals surface area contributed by atoms with Gasteiger partial charge in [-0.2, -0.15) is 5.10 Å². The molecule has 2 rings (SSSR count). The van der Waals surface area contributed by atoms with E-state index in [9.17, 15) is 9.59 Å². The number of nitrogens with two attached hydrogens (primary N) is 1. The van der Waals surface area contributed by atoms with E-state index < -0.39 is 0 Å². The number of benzene rings is 1. The third-order valence-electron chi connectivity index (χ3n) is 2.59. The van der Waals surface area contributed by atoms with Crippen LogP contribution in [0.25, 0.3) is 0 Å². The van der Waals surface area contributed by atoms with Gasteiger partial charge in [-0.3, -0.25) is 9.89 Å². The first-order valence-electron chi connectivity index (χ1n) is 6.04. The molecule has 7 heteroatoms. The zero-order valence-electron chi connectivity index (χ0n) is 10.7. The van der Waals surface area contributed by atoms with Crippen LogP contribution in [-0.2, 0) is 17.8 Å². The topological polar surface area (TPSA) is 113 Å². The van der Waals surface area contributed by atoms with Crippen LogP contribution in [0.5, 0.6) is 0 Å². The molecule has 0 aliphatic rings. The van der Waals surface area contributed by atoms with Gasteiger partial charge in [-0.25, -0.2) is 4.79 Å². The second-order valence-corrected chi connectivity index (χ2v) is 4.23. The lowest BCUT2D eigenvalue weighted by molar-refractivity contribution is -0.117. The van der Waals surface area contributed by atoms with Crippen molar-refractivity contribution in [3.63, 3.8) is 0 Å². The van der Waals surface area contributed by atoms with E-state index in [0.29, 0.717) is 12.2 Å². The first-order chi connectivity index (χ1) is 9.63. The summed E-state index contributed by atoms with van der Waals surface area (Å²) >= 11 is 0. The highest BCUT2D eigenvalue weighted by Crippen LogP contribution is 2.09. The molecule has 0 fully saturated rings. The van der Waals surface area contributed by atoms with Crippen molar-refractivity contribution in [2.45, 2.75) is 13.0 Å². The fourth-order valence-corrected chi connectivity index (χ4v) is 1.64. The number of nitrogens with one attached hydrogen (secondary N) is 3. The van der Waals surface area contributed by atoms with Crippen molar-refractivity contribution >= 4 is 17.6 Å². The number of nitrogens with zero attached hydrogens (tertiary/aromatic N) is 1. The molecular weight excluding hydrogens is 258 g/mol. The zero-order valence-corrected chi connectivity index (χ0v) is 10.7. The van der Waals surface area contributed by atoms with Gasteiger partial charge in [0.25, 0.3) is 0 Å². The molecule has 104 valence electrons. The van der Waals surface area contributed by atoms with Crippen LogP contribution in [0.3, 0.4) is 0 Å². The highest BCUT2D eigenvalue weighted by molar-refractivity contribution is 5.89. The molecule has 1 heterocycles. The van der Waals surface area contributed by atoms with Gasteiger partial charge >= 0.3 is 6.03 Å². The van der Waals surface area contributed by atoms with Gasteiger partial charge in [-0.15, -0.1) is 0 Å². The van der Waals surface area contributed by atoms with Crippen molar-refractivity contribution in [3.05, 3.63) is 47.8 Å². The van der Waals surface area contributed by atoms with Gasteiger partial charge in [0, 0.05) is 11.9 Å². The normalized spacial score (nSPS) is 10.0. The summed E-state index contributed by atoms with van der Waals surface area (Å²) in [4.78, 5) is 22.4. The van der Waals surface area contributed by atoms with E-state index in [1.165, 1.54) is 0 Å². The molecular formula is C13H15N5O2. The smallest absolute Gasteiger partial charge is 0.319 e. The standard InChI is InChI=1S/C13H15N5O2/c14-12(19)7-9-1-3-10(4-2-9)17-13(20)15-8-11-5-6-16-18-11/h1-6H,7-8H2,(H2,14,19)(H,16,18)(H2,15,17,20). The molecule has 20 heavy (non-hydrogen) atoms. The van der Waals surface area contributed by atoms with Crippen LogP contribution >= 0.6 is 0 Å². The number of aromatic nitrogens is 2. The minimum atomic E-state index is -0.386. The molecule has 0 radical (unpaired) electrons. The van der Waals surface area contributed by atoms with E-state index in [-0.39, 0.29) is 18.4 Å². The van der Waals surface area contributed by atoms with Gasteiger partial charge in [0.05, 0.1) is 18.7 Å². The summed E-state index contributed by atoms with van der Waals surface area (Å²) in [6.07, 6.45) is 1.80. The molecule has 3 amide bonds. The molecule has 0 saturated heterocycles. The maximum absolute atomic E-state index is 11.6. The zero-order chi connectivity index (χ0) is 14.4. The van der Waals surface area contributed by atoms with Crippen molar-refractivity contribution in [2.24, 2.45) is 5.73 Å². The molecule has 0 aliphatic heterocycles. The van der Waals surface area contributed by atoms with Gasteiger partial charge in [-0.05, 0) is 23.8 Å². The second-order valence-electron chi connectivity index (χ2n) is 4.23. The van der Waals surface area contributed by atoms with Gasteiger partial charge in [0.15, 0.2) is 0 Å². The monoisotopic (exact) mass is 273 g/mol.